The highest BCUT2D eigenvalue weighted by atomic mass is 32.1. The van der Waals surface area contributed by atoms with Gasteiger partial charge in [-0.3, -0.25) is 0 Å². The predicted octanol–water partition coefficient (Wildman–Crippen LogP) is 0.647. The van der Waals surface area contributed by atoms with E-state index in [1.54, 1.807) is 11.3 Å². The fourth-order valence-corrected chi connectivity index (χ4v) is 1.73. The van der Waals surface area contributed by atoms with Crippen LogP contribution in [0, 0.1) is 0 Å². The molecule has 0 spiro atoms. The third kappa shape index (κ3) is 1.49. The Balaban J connectivity index is 2.11. The minimum atomic E-state index is -0.262. The molecule has 12 heavy (non-hydrogen) atoms. The molecule has 1 fully saturated rings. The van der Waals surface area contributed by atoms with Gasteiger partial charge in [-0.1, -0.05) is 0 Å². The van der Waals surface area contributed by atoms with Gasteiger partial charge in [0.25, 0.3) is 0 Å². The van der Waals surface area contributed by atoms with Crippen molar-refractivity contribution in [3.8, 4) is 0 Å². The van der Waals surface area contributed by atoms with Crippen LogP contribution in [-0.2, 0) is 16.0 Å². The first-order chi connectivity index (χ1) is 5.90. The summed E-state index contributed by atoms with van der Waals surface area (Å²) >= 11 is 1.54. The molecule has 2 rings (SSSR count). The number of hydrogen-bond donors (Lipinski definition) is 1. The summed E-state index contributed by atoms with van der Waals surface area (Å²) in [6.45, 7) is 1.79. The maximum Gasteiger partial charge on any atom is 0.202 e. The predicted molar refractivity (Wildman–Crippen MR) is 44.7 cm³/mol. The van der Waals surface area contributed by atoms with E-state index in [0.717, 1.165) is 10.7 Å². The Morgan fingerprint density at radius 1 is 1.58 bits per heavy atom. The summed E-state index contributed by atoms with van der Waals surface area (Å²) in [5.41, 5.74) is 6.27. The molecule has 0 unspecified atom stereocenters. The molecule has 0 saturated carbocycles. The minimum absolute atomic E-state index is 0.262. The van der Waals surface area contributed by atoms with E-state index in [4.69, 9.17) is 15.2 Å². The van der Waals surface area contributed by atoms with Gasteiger partial charge < -0.3 is 15.2 Å². The van der Waals surface area contributed by atoms with Crippen LogP contribution >= 0.6 is 11.3 Å². The molecule has 66 valence electrons. The first-order valence-corrected chi connectivity index (χ1v) is 4.65. The van der Waals surface area contributed by atoms with Crippen LogP contribution in [0.3, 0.4) is 0 Å². The second kappa shape index (κ2) is 3.49. The summed E-state index contributed by atoms with van der Waals surface area (Å²) in [5.74, 6) is 0. The van der Waals surface area contributed by atoms with Crippen molar-refractivity contribution in [2.45, 2.75) is 12.8 Å². The number of hydrogen-bond acceptors (Lipinski definition) is 5. The summed E-state index contributed by atoms with van der Waals surface area (Å²) in [6.07, 6.45) is -0.262. The van der Waals surface area contributed by atoms with Crippen LogP contribution in [0.15, 0.2) is 5.38 Å². The highest BCUT2D eigenvalue weighted by Gasteiger charge is 2.20. The molecule has 1 saturated heterocycles. The van der Waals surface area contributed by atoms with Crippen molar-refractivity contribution >= 4 is 11.3 Å². The zero-order valence-electron chi connectivity index (χ0n) is 6.53. The number of thiazole rings is 1. The zero-order chi connectivity index (χ0) is 8.39. The van der Waals surface area contributed by atoms with E-state index in [1.165, 1.54) is 0 Å². The van der Waals surface area contributed by atoms with Crippen molar-refractivity contribution in [3.05, 3.63) is 16.1 Å². The lowest BCUT2D eigenvalue weighted by Gasteiger charge is -2.03. The highest BCUT2D eigenvalue weighted by Crippen LogP contribution is 2.24. The normalized spacial score (nSPS) is 18.8. The van der Waals surface area contributed by atoms with Gasteiger partial charge in [-0.25, -0.2) is 4.98 Å². The fraction of sp³-hybridized carbons (Fsp3) is 0.571. The van der Waals surface area contributed by atoms with Crippen molar-refractivity contribution in [2.24, 2.45) is 5.73 Å². The third-order valence-electron chi connectivity index (χ3n) is 1.61. The lowest BCUT2D eigenvalue weighted by molar-refractivity contribution is -0.0469. The minimum Gasteiger partial charge on any atom is -0.345 e. The molecule has 0 amide bonds. The lowest BCUT2D eigenvalue weighted by atomic mass is 10.5. The second-order valence-corrected chi connectivity index (χ2v) is 3.39. The summed E-state index contributed by atoms with van der Waals surface area (Å²) in [5, 5.41) is 2.85. The number of nitrogens with two attached hydrogens (primary N) is 1. The molecule has 4 nitrogen and oxygen atoms in total. The summed E-state index contributed by atoms with van der Waals surface area (Å²) in [7, 11) is 0. The van der Waals surface area contributed by atoms with E-state index in [9.17, 15) is 0 Å². The Bertz CT molecular complexity index is 258. The summed E-state index contributed by atoms with van der Waals surface area (Å²) < 4.78 is 10.6. The molecular formula is C7H10N2O2S. The van der Waals surface area contributed by atoms with Crippen LogP contribution in [0.1, 0.15) is 17.0 Å². The smallest absolute Gasteiger partial charge is 0.202 e. The molecule has 0 radical (unpaired) electrons. The van der Waals surface area contributed by atoms with Crippen LogP contribution in [0.2, 0.25) is 0 Å². The Hall–Kier alpha value is -0.490. The number of nitrogens with zero attached hydrogens (tertiary/aromatic N) is 1. The van der Waals surface area contributed by atoms with Crippen molar-refractivity contribution in [2.75, 3.05) is 13.2 Å². The molecule has 0 aromatic carbocycles. The third-order valence-corrected chi connectivity index (χ3v) is 2.50. The maximum atomic E-state index is 5.43. The van der Waals surface area contributed by atoms with Crippen molar-refractivity contribution < 1.29 is 9.47 Å². The molecule has 1 aliphatic heterocycles. The number of aromatic nitrogens is 1. The second-order valence-electron chi connectivity index (χ2n) is 2.44. The fourth-order valence-electron chi connectivity index (χ4n) is 1.06. The van der Waals surface area contributed by atoms with Gasteiger partial charge in [0.1, 0.15) is 10.7 Å². The standard InChI is InChI=1S/C7H10N2O2S/c8-3-6-9-5(4-12-6)7-10-1-2-11-7/h4,7H,1-3,8H2. The van der Waals surface area contributed by atoms with Gasteiger partial charge in [0.15, 0.2) is 0 Å². The van der Waals surface area contributed by atoms with Crippen molar-refractivity contribution in [3.63, 3.8) is 0 Å². The number of ether oxygens (including phenoxy) is 2. The van der Waals surface area contributed by atoms with Crippen LogP contribution in [0.25, 0.3) is 0 Å². The quantitative estimate of drug-likeness (QED) is 0.736. The van der Waals surface area contributed by atoms with Crippen molar-refractivity contribution in [1.29, 1.82) is 0 Å². The monoisotopic (exact) mass is 186 g/mol. The SMILES string of the molecule is NCc1nc(C2OCCO2)cs1. The molecule has 1 aromatic rings. The van der Waals surface area contributed by atoms with Crippen LogP contribution in [0.4, 0.5) is 0 Å². The van der Waals surface area contributed by atoms with E-state index < -0.39 is 0 Å². The summed E-state index contributed by atoms with van der Waals surface area (Å²) in [6, 6.07) is 0. The average Bonchev–Trinajstić information content (AvgIpc) is 2.75. The van der Waals surface area contributed by atoms with Crippen molar-refractivity contribution in [1.82, 2.24) is 4.98 Å². The molecule has 0 atom stereocenters. The Kier molecular flexibility index (Phi) is 2.36. The molecule has 2 N–H and O–H groups in total. The Morgan fingerprint density at radius 2 is 2.33 bits per heavy atom. The lowest BCUT2D eigenvalue weighted by Crippen LogP contribution is -2.00. The van der Waals surface area contributed by atoms with Crippen LogP contribution in [-0.4, -0.2) is 18.2 Å². The molecular weight excluding hydrogens is 176 g/mol. The van der Waals surface area contributed by atoms with E-state index in [2.05, 4.69) is 4.98 Å². The van der Waals surface area contributed by atoms with Crippen LogP contribution < -0.4 is 5.73 Å². The average molecular weight is 186 g/mol. The van der Waals surface area contributed by atoms with Gasteiger partial charge >= 0.3 is 0 Å². The van der Waals surface area contributed by atoms with Gasteiger partial charge in [-0.15, -0.1) is 11.3 Å². The molecule has 5 heteroatoms. The topological polar surface area (TPSA) is 57.4 Å². The largest absolute Gasteiger partial charge is 0.345 e. The van der Waals surface area contributed by atoms with E-state index >= 15 is 0 Å². The molecule has 0 bridgehead atoms. The molecule has 1 aromatic heterocycles. The van der Waals surface area contributed by atoms with Gasteiger partial charge in [-0.05, 0) is 0 Å². The van der Waals surface area contributed by atoms with Crippen LogP contribution in [0.5, 0.6) is 0 Å². The molecule has 0 aliphatic carbocycles. The van der Waals surface area contributed by atoms with E-state index in [1.807, 2.05) is 5.38 Å². The summed E-state index contributed by atoms with van der Waals surface area (Å²) in [4.78, 5) is 4.25. The first-order valence-electron chi connectivity index (χ1n) is 3.77. The van der Waals surface area contributed by atoms with Gasteiger partial charge in [0, 0.05) is 11.9 Å². The van der Waals surface area contributed by atoms with Gasteiger partial charge in [0.2, 0.25) is 6.29 Å². The molecule has 1 aliphatic rings. The van der Waals surface area contributed by atoms with Gasteiger partial charge in [0.05, 0.1) is 13.2 Å². The Labute approximate surface area is 74.3 Å². The zero-order valence-corrected chi connectivity index (χ0v) is 7.34. The van der Waals surface area contributed by atoms with E-state index in [0.29, 0.717) is 19.8 Å². The van der Waals surface area contributed by atoms with Gasteiger partial charge in [-0.2, -0.15) is 0 Å². The number of rotatable bonds is 2. The first kappa shape index (κ1) is 8.12. The Morgan fingerprint density at radius 3 is 2.92 bits per heavy atom. The molecule has 2 heterocycles. The maximum absolute atomic E-state index is 5.43. The highest BCUT2D eigenvalue weighted by molar-refractivity contribution is 7.09. The van der Waals surface area contributed by atoms with E-state index in [-0.39, 0.29) is 6.29 Å².